The molecule has 0 bridgehead atoms. The molecule has 0 radical (unpaired) electrons. The topological polar surface area (TPSA) is 94.0 Å². The van der Waals surface area contributed by atoms with E-state index in [2.05, 4.69) is 15.5 Å². The largest absolute Gasteiger partial charge is 0.363 e. The molecule has 1 heterocycles. The number of nitrogens with zero attached hydrogens (tertiary/aromatic N) is 2. The maximum atomic E-state index is 10.6. The zero-order valence-corrected chi connectivity index (χ0v) is 7.79. The van der Waals surface area contributed by atoms with Gasteiger partial charge in [-0.15, -0.1) is 0 Å². The number of hydrogen-bond donors (Lipinski definition) is 2. The quantitative estimate of drug-likeness (QED) is 0.668. The molecule has 0 unspecified atom stereocenters. The average molecular weight is 184 g/mol. The molecule has 1 amide bonds. The monoisotopic (exact) mass is 184 g/mol. The highest BCUT2D eigenvalue weighted by Gasteiger charge is 2.26. The van der Waals surface area contributed by atoms with Crippen LogP contribution in [-0.2, 0) is 5.54 Å². The summed E-state index contributed by atoms with van der Waals surface area (Å²) in [5.41, 5.74) is 4.51. The zero-order chi connectivity index (χ0) is 10.1. The van der Waals surface area contributed by atoms with Crippen molar-refractivity contribution in [1.82, 2.24) is 15.5 Å². The third kappa shape index (κ3) is 1.83. The summed E-state index contributed by atoms with van der Waals surface area (Å²) in [4.78, 5) is 14.5. The van der Waals surface area contributed by atoms with E-state index in [-0.39, 0.29) is 5.82 Å². The van der Waals surface area contributed by atoms with Gasteiger partial charge in [0.15, 0.2) is 0 Å². The highest BCUT2D eigenvalue weighted by Crippen LogP contribution is 2.16. The fraction of sp³-hybridized carbons (Fsp3) is 0.571. The molecule has 6 nitrogen and oxygen atoms in total. The Morgan fingerprint density at radius 2 is 2.23 bits per heavy atom. The van der Waals surface area contributed by atoms with Gasteiger partial charge < -0.3 is 15.6 Å². The maximum absolute atomic E-state index is 10.6. The molecule has 3 N–H and O–H groups in total. The molecule has 72 valence electrons. The number of primary amides is 1. The second-order valence-electron chi connectivity index (χ2n) is 3.16. The standard InChI is InChI=1S/C7H12N4O2/c1-7(2,9-3)6-10-5(4(8)12)11-13-6/h9H,1-3H3,(H2,8,12). The van der Waals surface area contributed by atoms with Crippen molar-refractivity contribution >= 4 is 5.91 Å². The average Bonchev–Trinajstić information content (AvgIpc) is 2.52. The summed E-state index contributed by atoms with van der Waals surface area (Å²) in [6.45, 7) is 3.70. The SMILES string of the molecule is CNC(C)(C)c1nc(C(N)=O)no1. The van der Waals surface area contributed by atoms with Crippen LogP contribution >= 0.6 is 0 Å². The third-order valence-corrected chi connectivity index (χ3v) is 1.81. The second kappa shape index (κ2) is 3.14. The van der Waals surface area contributed by atoms with Crippen molar-refractivity contribution in [3.8, 4) is 0 Å². The van der Waals surface area contributed by atoms with Gasteiger partial charge in [0.05, 0.1) is 5.54 Å². The Hall–Kier alpha value is -1.43. The maximum Gasteiger partial charge on any atom is 0.290 e. The molecule has 0 spiro atoms. The number of nitrogens with two attached hydrogens (primary N) is 1. The van der Waals surface area contributed by atoms with Crippen molar-refractivity contribution in [2.75, 3.05) is 7.05 Å². The molecule has 0 saturated carbocycles. The Kier molecular flexibility index (Phi) is 2.33. The number of hydrogen-bond acceptors (Lipinski definition) is 5. The number of carbonyl (C=O) groups excluding carboxylic acids is 1. The Morgan fingerprint density at radius 3 is 2.62 bits per heavy atom. The summed E-state index contributed by atoms with van der Waals surface area (Å²) in [5, 5.41) is 6.39. The van der Waals surface area contributed by atoms with Crippen LogP contribution in [-0.4, -0.2) is 23.1 Å². The van der Waals surface area contributed by atoms with Crippen molar-refractivity contribution < 1.29 is 9.32 Å². The number of aromatic nitrogens is 2. The first-order valence-corrected chi connectivity index (χ1v) is 3.80. The van der Waals surface area contributed by atoms with E-state index < -0.39 is 11.4 Å². The van der Waals surface area contributed by atoms with Crippen molar-refractivity contribution in [2.45, 2.75) is 19.4 Å². The van der Waals surface area contributed by atoms with E-state index in [0.717, 1.165) is 0 Å². The molecule has 0 fully saturated rings. The number of nitrogens with one attached hydrogen (secondary N) is 1. The van der Waals surface area contributed by atoms with Crippen LogP contribution < -0.4 is 11.1 Å². The molecule has 0 atom stereocenters. The molecule has 13 heavy (non-hydrogen) atoms. The van der Waals surface area contributed by atoms with Gasteiger partial charge >= 0.3 is 0 Å². The third-order valence-electron chi connectivity index (χ3n) is 1.81. The molecule has 0 saturated heterocycles. The fourth-order valence-corrected chi connectivity index (χ4v) is 0.684. The Morgan fingerprint density at radius 1 is 1.62 bits per heavy atom. The van der Waals surface area contributed by atoms with Gasteiger partial charge in [-0.05, 0) is 20.9 Å². The molecule has 1 aromatic heterocycles. The molecule has 0 aliphatic rings. The first kappa shape index (κ1) is 9.66. The minimum absolute atomic E-state index is 0.0988. The van der Waals surface area contributed by atoms with Gasteiger partial charge in [-0.1, -0.05) is 5.16 Å². The molecule has 1 rings (SSSR count). The van der Waals surface area contributed by atoms with Crippen LogP contribution in [0.2, 0.25) is 0 Å². The zero-order valence-electron chi connectivity index (χ0n) is 7.79. The Balaban J connectivity index is 2.98. The summed E-state index contributed by atoms with van der Waals surface area (Å²) in [5.74, 6) is -0.455. The Bertz CT molecular complexity index is 318. The summed E-state index contributed by atoms with van der Waals surface area (Å²) in [7, 11) is 1.76. The van der Waals surface area contributed by atoms with E-state index in [1.807, 2.05) is 13.8 Å². The summed E-state index contributed by atoms with van der Waals surface area (Å²) >= 11 is 0. The lowest BCUT2D eigenvalue weighted by molar-refractivity contribution is 0.0987. The van der Waals surface area contributed by atoms with Gasteiger partial charge in [0, 0.05) is 0 Å². The van der Waals surface area contributed by atoms with Crippen LogP contribution in [0.25, 0.3) is 0 Å². The van der Waals surface area contributed by atoms with E-state index in [1.54, 1.807) is 7.05 Å². The Labute approximate surface area is 75.5 Å². The van der Waals surface area contributed by atoms with E-state index in [4.69, 9.17) is 10.3 Å². The van der Waals surface area contributed by atoms with Crippen molar-refractivity contribution in [3.05, 3.63) is 11.7 Å². The number of carbonyl (C=O) groups is 1. The number of rotatable bonds is 3. The molecular weight excluding hydrogens is 172 g/mol. The molecular formula is C7H12N4O2. The lowest BCUT2D eigenvalue weighted by Gasteiger charge is -2.17. The highest BCUT2D eigenvalue weighted by atomic mass is 16.5. The molecule has 6 heteroatoms. The molecule has 0 aromatic carbocycles. The van der Waals surface area contributed by atoms with Gasteiger partial charge in [0.25, 0.3) is 11.7 Å². The molecule has 0 aliphatic heterocycles. The fourth-order valence-electron chi connectivity index (χ4n) is 0.684. The van der Waals surface area contributed by atoms with Crippen LogP contribution in [0.4, 0.5) is 0 Å². The van der Waals surface area contributed by atoms with Gasteiger partial charge in [0.1, 0.15) is 0 Å². The van der Waals surface area contributed by atoms with Crippen LogP contribution in [0.1, 0.15) is 30.4 Å². The van der Waals surface area contributed by atoms with Crippen LogP contribution in [0.5, 0.6) is 0 Å². The lowest BCUT2D eigenvalue weighted by atomic mass is 10.1. The van der Waals surface area contributed by atoms with E-state index in [1.165, 1.54) is 0 Å². The predicted molar refractivity (Wildman–Crippen MR) is 44.9 cm³/mol. The first-order valence-electron chi connectivity index (χ1n) is 3.80. The van der Waals surface area contributed by atoms with Crippen molar-refractivity contribution in [3.63, 3.8) is 0 Å². The van der Waals surface area contributed by atoms with Crippen molar-refractivity contribution in [2.24, 2.45) is 5.73 Å². The van der Waals surface area contributed by atoms with Gasteiger partial charge in [-0.3, -0.25) is 4.79 Å². The number of amides is 1. The van der Waals surface area contributed by atoms with Gasteiger partial charge in [-0.25, -0.2) is 0 Å². The summed E-state index contributed by atoms with van der Waals surface area (Å²) in [6, 6.07) is 0. The normalized spacial score (nSPS) is 11.6. The smallest absolute Gasteiger partial charge is 0.290 e. The highest BCUT2D eigenvalue weighted by molar-refractivity contribution is 5.88. The predicted octanol–water partition coefficient (Wildman–Crippen LogP) is -0.377. The van der Waals surface area contributed by atoms with Gasteiger partial charge in [0.2, 0.25) is 5.89 Å². The van der Waals surface area contributed by atoms with E-state index in [9.17, 15) is 4.79 Å². The second-order valence-corrected chi connectivity index (χ2v) is 3.16. The van der Waals surface area contributed by atoms with E-state index in [0.29, 0.717) is 5.89 Å². The molecule has 1 aromatic rings. The van der Waals surface area contributed by atoms with Crippen LogP contribution in [0.15, 0.2) is 4.52 Å². The summed E-state index contributed by atoms with van der Waals surface area (Å²) < 4.78 is 4.86. The lowest BCUT2D eigenvalue weighted by Crippen LogP contribution is -2.33. The van der Waals surface area contributed by atoms with Crippen molar-refractivity contribution in [1.29, 1.82) is 0 Å². The van der Waals surface area contributed by atoms with Crippen LogP contribution in [0.3, 0.4) is 0 Å². The van der Waals surface area contributed by atoms with Crippen LogP contribution in [0, 0.1) is 0 Å². The summed E-state index contributed by atoms with van der Waals surface area (Å²) in [6.07, 6.45) is 0. The van der Waals surface area contributed by atoms with E-state index >= 15 is 0 Å². The minimum Gasteiger partial charge on any atom is -0.363 e. The van der Waals surface area contributed by atoms with Gasteiger partial charge in [-0.2, -0.15) is 4.98 Å². The molecule has 0 aliphatic carbocycles. The minimum atomic E-state index is -0.693. The first-order chi connectivity index (χ1) is 5.97.